The zero-order valence-corrected chi connectivity index (χ0v) is 11.6. The van der Waals surface area contributed by atoms with Crippen LogP contribution in [0.15, 0.2) is 12.3 Å². The van der Waals surface area contributed by atoms with Gasteiger partial charge in [0, 0.05) is 18.7 Å². The molecule has 1 atom stereocenters. The van der Waals surface area contributed by atoms with E-state index in [0.717, 1.165) is 12.8 Å². The van der Waals surface area contributed by atoms with E-state index in [9.17, 15) is 19.7 Å². The molecule has 1 aliphatic rings. The molecule has 0 radical (unpaired) electrons. The van der Waals surface area contributed by atoms with Gasteiger partial charge in [0.1, 0.15) is 5.69 Å². The second kappa shape index (κ2) is 5.94. The molecule has 8 heteroatoms. The summed E-state index contributed by atoms with van der Waals surface area (Å²) in [6.45, 7) is 1.73. The van der Waals surface area contributed by atoms with Gasteiger partial charge in [-0.2, -0.15) is 0 Å². The van der Waals surface area contributed by atoms with E-state index in [1.165, 1.54) is 12.3 Å². The third-order valence-electron chi connectivity index (χ3n) is 3.57. The number of rotatable bonds is 7. The summed E-state index contributed by atoms with van der Waals surface area (Å²) in [6.07, 6.45) is 3.54. The quantitative estimate of drug-likeness (QED) is 0.585. The number of carbonyl (C=O) groups is 2. The van der Waals surface area contributed by atoms with E-state index in [1.807, 2.05) is 0 Å². The fraction of sp³-hybridized carbons (Fsp3) is 0.538. The zero-order chi connectivity index (χ0) is 15.6. The van der Waals surface area contributed by atoms with Gasteiger partial charge in [0.2, 0.25) is 0 Å². The van der Waals surface area contributed by atoms with Crippen LogP contribution in [0.1, 0.15) is 42.7 Å². The molecule has 2 rings (SSSR count). The van der Waals surface area contributed by atoms with Gasteiger partial charge < -0.3 is 15.0 Å². The Morgan fingerprint density at radius 3 is 2.71 bits per heavy atom. The number of carbonyl (C=O) groups excluding carboxylic acids is 1. The monoisotopic (exact) mass is 295 g/mol. The van der Waals surface area contributed by atoms with E-state index < -0.39 is 22.7 Å². The summed E-state index contributed by atoms with van der Waals surface area (Å²) in [6, 6.07) is 1.36. The van der Waals surface area contributed by atoms with Crippen molar-refractivity contribution in [2.24, 2.45) is 5.92 Å². The largest absolute Gasteiger partial charge is 0.481 e. The van der Waals surface area contributed by atoms with E-state index in [4.69, 9.17) is 5.11 Å². The average molecular weight is 295 g/mol. The van der Waals surface area contributed by atoms with Crippen LogP contribution >= 0.6 is 0 Å². The number of nitro groups is 1. The fourth-order valence-corrected chi connectivity index (χ4v) is 2.11. The van der Waals surface area contributed by atoms with E-state index in [1.54, 1.807) is 11.5 Å². The Morgan fingerprint density at radius 1 is 1.57 bits per heavy atom. The second-order valence-corrected chi connectivity index (χ2v) is 5.13. The van der Waals surface area contributed by atoms with Crippen LogP contribution in [-0.4, -0.2) is 33.0 Å². The summed E-state index contributed by atoms with van der Waals surface area (Å²) in [5, 5.41) is 22.3. The van der Waals surface area contributed by atoms with Crippen molar-refractivity contribution < 1.29 is 19.6 Å². The molecule has 1 amide bonds. The second-order valence-electron chi connectivity index (χ2n) is 5.13. The molecule has 0 aromatic carbocycles. The van der Waals surface area contributed by atoms with Gasteiger partial charge in [0.25, 0.3) is 11.6 Å². The lowest BCUT2D eigenvalue weighted by molar-refractivity contribution is -0.384. The van der Waals surface area contributed by atoms with E-state index >= 15 is 0 Å². The normalized spacial score (nSPS) is 15.5. The van der Waals surface area contributed by atoms with Gasteiger partial charge >= 0.3 is 5.97 Å². The van der Waals surface area contributed by atoms with Crippen LogP contribution in [0.2, 0.25) is 0 Å². The smallest absolute Gasteiger partial charge is 0.308 e. The highest BCUT2D eigenvalue weighted by atomic mass is 16.6. The lowest BCUT2D eigenvalue weighted by atomic mass is 10.1. The molecule has 8 nitrogen and oxygen atoms in total. The molecule has 114 valence electrons. The summed E-state index contributed by atoms with van der Waals surface area (Å²) in [7, 11) is 0. The number of hydrogen-bond acceptors (Lipinski definition) is 4. The van der Waals surface area contributed by atoms with Gasteiger partial charge in [-0.1, -0.05) is 6.92 Å². The minimum atomic E-state index is -0.971. The molecular formula is C13H17N3O5. The van der Waals surface area contributed by atoms with Crippen LogP contribution in [0.25, 0.3) is 0 Å². The minimum Gasteiger partial charge on any atom is -0.481 e. The molecule has 1 aromatic rings. The zero-order valence-electron chi connectivity index (χ0n) is 11.6. The highest BCUT2D eigenvalue weighted by Crippen LogP contribution is 2.37. The van der Waals surface area contributed by atoms with E-state index in [-0.39, 0.29) is 24.0 Å². The van der Waals surface area contributed by atoms with Crippen molar-refractivity contribution in [3.05, 3.63) is 28.1 Å². The van der Waals surface area contributed by atoms with Crippen LogP contribution in [0.4, 0.5) is 5.69 Å². The van der Waals surface area contributed by atoms with Gasteiger partial charge in [-0.3, -0.25) is 19.7 Å². The van der Waals surface area contributed by atoms with Crippen molar-refractivity contribution in [1.29, 1.82) is 0 Å². The number of nitrogens with zero attached hydrogens (tertiary/aromatic N) is 2. The first-order valence-electron chi connectivity index (χ1n) is 6.81. The molecule has 1 heterocycles. The number of aliphatic carboxylic acids is 1. The van der Waals surface area contributed by atoms with Crippen LogP contribution in [0.5, 0.6) is 0 Å². The Kier molecular flexibility index (Phi) is 4.25. The molecular weight excluding hydrogens is 278 g/mol. The topological polar surface area (TPSA) is 114 Å². The molecule has 0 saturated heterocycles. The fourth-order valence-electron chi connectivity index (χ4n) is 2.11. The van der Waals surface area contributed by atoms with Crippen molar-refractivity contribution in [1.82, 2.24) is 9.88 Å². The third-order valence-corrected chi connectivity index (χ3v) is 3.57. The average Bonchev–Trinajstić information content (AvgIpc) is 3.17. The Labute approximate surface area is 120 Å². The molecule has 0 spiro atoms. The van der Waals surface area contributed by atoms with Crippen molar-refractivity contribution in [2.45, 2.75) is 32.2 Å². The molecule has 0 bridgehead atoms. The molecule has 0 aliphatic heterocycles. The van der Waals surface area contributed by atoms with Crippen molar-refractivity contribution in [2.75, 3.05) is 6.54 Å². The SMILES string of the molecule is CCC(CNC(=O)c1cc([N+](=O)[O-])cn1C1CC1)C(=O)O. The molecule has 1 aromatic heterocycles. The van der Waals surface area contributed by atoms with Gasteiger partial charge in [-0.05, 0) is 19.3 Å². The van der Waals surface area contributed by atoms with Crippen LogP contribution in [0, 0.1) is 16.0 Å². The van der Waals surface area contributed by atoms with Crippen molar-refractivity contribution in [3.8, 4) is 0 Å². The lowest BCUT2D eigenvalue weighted by Crippen LogP contribution is -2.33. The molecule has 1 aliphatic carbocycles. The molecule has 2 N–H and O–H groups in total. The van der Waals surface area contributed by atoms with Crippen LogP contribution in [-0.2, 0) is 4.79 Å². The summed E-state index contributed by atoms with van der Waals surface area (Å²) in [5.41, 5.74) is 0.0850. The van der Waals surface area contributed by atoms with Gasteiger partial charge in [0.15, 0.2) is 0 Å². The number of carboxylic acids is 1. The van der Waals surface area contributed by atoms with Crippen molar-refractivity contribution in [3.63, 3.8) is 0 Å². The van der Waals surface area contributed by atoms with Gasteiger partial charge in [-0.15, -0.1) is 0 Å². The standard InChI is InChI=1S/C13H17N3O5/c1-2-8(13(18)19)6-14-12(17)11-5-10(16(20)21)7-15(11)9-3-4-9/h5,7-9H,2-4,6H2,1H3,(H,14,17)(H,18,19). The predicted octanol–water partition coefficient (Wildman–Crippen LogP) is 1.57. The summed E-state index contributed by atoms with van der Waals surface area (Å²) < 4.78 is 1.61. The third kappa shape index (κ3) is 3.39. The molecule has 1 fully saturated rings. The Morgan fingerprint density at radius 2 is 2.24 bits per heavy atom. The minimum absolute atomic E-state index is 0.00824. The summed E-state index contributed by atoms with van der Waals surface area (Å²) in [4.78, 5) is 33.3. The lowest BCUT2D eigenvalue weighted by Gasteiger charge is -2.12. The maximum atomic E-state index is 12.1. The summed E-state index contributed by atoms with van der Waals surface area (Å²) in [5.74, 6) is -2.11. The number of amides is 1. The van der Waals surface area contributed by atoms with Gasteiger partial charge in [-0.25, -0.2) is 0 Å². The van der Waals surface area contributed by atoms with Crippen molar-refractivity contribution >= 4 is 17.6 Å². The first kappa shape index (κ1) is 15.0. The molecule has 21 heavy (non-hydrogen) atoms. The highest BCUT2D eigenvalue weighted by molar-refractivity contribution is 5.93. The Bertz CT molecular complexity index is 576. The molecule has 1 saturated carbocycles. The Balaban J connectivity index is 2.11. The summed E-state index contributed by atoms with van der Waals surface area (Å²) >= 11 is 0. The van der Waals surface area contributed by atoms with Crippen LogP contribution in [0.3, 0.4) is 0 Å². The number of hydrogen-bond donors (Lipinski definition) is 2. The molecule has 1 unspecified atom stereocenters. The van der Waals surface area contributed by atoms with E-state index in [2.05, 4.69) is 5.32 Å². The number of aromatic nitrogens is 1. The highest BCUT2D eigenvalue weighted by Gasteiger charge is 2.30. The maximum absolute atomic E-state index is 12.1. The van der Waals surface area contributed by atoms with Crippen LogP contribution < -0.4 is 5.32 Å². The number of carboxylic acid groups (broad SMARTS) is 1. The van der Waals surface area contributed by atoms with E-state index in [0.29, 0.717) is 6.42 Å². The van der Waals surface area contributed by atoms with Gasteiger partial charge in [0.05, 0.1) is 17.0 Å². The predicted molar refractivity (Wildman–Crippen MR) is 73.1 cm³/mol. The maximum Gasteiger partial charge on any atom is 0.308 e. The number of nitrogens with one attached hydrogen (secondary N) is 1. The Hall–Kier alpha value is -2.38. The first-order chi connectivity index (χ1) is 9.93. The first-order valence-corrected chi connectivity index (χ1v) is 6.81.